The zero-order valence-electron chi connectivity index (χ0n) is 12.6. The van der Waals surface area contributed by atoms with Crippen molar-refractivity contribution in [1.82, 2.24) is 10.2 Å². The van der Waals surface area contributed by atoms with Crippen LogP contribution in [0.1, 0.15) is 35.4 Å². The van der Waals surface area contributed by atoms with Crippen molar-refractivity contribution in [3.8, 4) is 10.6 Å². The Balaban J connectivity index is 1.43. The van der Waals surface area contributed by atoms with Crippen molar-refractivity contribution in [3.05, 3.63) is 35.4 Å². The lowest BCUT2D eigenvalue weighted by Gasteiger charge is -2.36. The van der Waals surface area contributed by atoms with Gasteiger partial charge in [-0.2, -0.15) is 0 Å². The van der Waals surface area contributed by atoms with Crippen LogP contribution >= 0.6 is 11.3 Å². The van der Waals surface area contributed by atoms with Crippen LogP contribution in [0.15, 0.2) is 34.9 Å². The van der Waals surface area contributed by atoms with E-state index in [4.69, 9.17) is 4.42 Å². The van der Waals surface area contributed by atoms with Crippen LogP contribution in [0.25, 0.3) is 10.6 Å². The molecule has 2 saturated heterocycles. The minimum Gasteiger partial charge on any atom is -0.464 e. The van der Waals surface area contributed by atoms with Gasteiger partial charge in [0.25, 0.3) is 5.91 Å². The molecule has 0 spiro atoms. The molecule has 1 unspecified atom stereocenters. The second-order valence-electron chi connectivity index (χ2n) is 6.33. The molecule has 0 radical (unpaired) electrons. The first-order valence-corrected chi connectivity index (χ1v) is 8.69. The molecule has 2 aliphatic heterocycles. The van der Waals surface area contributed by atoms with Crippen LogP contribution in [-0.2, 0) is 0 Å². The van der Waals surface area contributed by atoms with E-state index in [0.717, 1.165) is 28.4 Å². The molecule has 2 aromatic rings. The standard InChI is InChI=1S/C17H20N2O2S/c1-19-12-4-5-13(19)10-11(9-12)18-17(20)16-7-6-15(22-16)14-3-2-8-21-14/h2-3,6-8,11-13H,4-5,9-10H2,1H3,(H,18,20)/t11?,12-,13+. The summed E-state index contributed by atoms with van der Waals surface area (Å²) in [6.07, 6.45) is 6.36. The van der Waals surface area contributed by atoms with Gasteiger partial charge in [0.15, 0.2) is 0 Å². The molecule has 0 aliphatic carbocycles. The molecular weight excluding hydrogens is 296 g/mol. The number of carbonyl (C=O) groups is 1. The third kappa shape index (κ3) is 2.48. The molecule has 4 rings (SSSR count). The molecule has 22 heavy (non-hydrogen) atoms. The van der Waals surface area contributed by atoms with Gasteiger partial charge in [0.2, 0.25) is 0 Å². The van der Waals surface area contributed by atoms with Crippen molar-refractivity contribution < 1.29 is 9.21 Å². The molecule has 0 aromatic carbocycles. The monoisotopic (exact) mass is 316 g/mol. The predicted molar refractivity (Wildman–Crippen MR) is 87.1 cm³/mol. The molecule has 4 heterocycles. The smallest absolute Gasteiger partial charge is 0.261 e. The second kappa shape index (κ2) is 5.56. The predicted octanol–water partition coefficient (Wildman–Crippen LogP) is 3.36. The molecule has 2 fully saturated rings. The van der Waals surface area contributed by atoms with Gasteiger partial charge in [0, 0.05) is 18.1 Å². The van der Waals surface area contributed by atoms with Crippen molar-refractivity contribution in [2.75, 3.05) is 7.05 Å². The highest BCUT2D eigenvalue weighted by Gasteiger charge is 2.38. The van der Waals surface area contributed by atoms with E-state index < -0.39 is 0 Å². The first-order chi connectivity index (χ1) is 10.7. The fourth-order valence-corrected chi connectivity index (χ4v) is 4.67. The van der Waals surface area contributed by atoms with Crippen LogP contribution in [-0.4, -0.2) is 36.0 Å². The van der Waals surface area contributed by atoms with E-state index in [0.29, 0.717) is 18.1 Å². The topological polar surface area (TPSA) is 45.5 Å². The van der Waals surface area contributed by atoms with E-state index >= 15 is 0 Å². The van der Waals surface area contributed by atoms with E-state index in [9.17, 15) is 4.79 Å². The summed E-state index contributed by atoms with van der Waals surface area (Å²) in [4.78, 5) is 16.7. The summed E-state index contributed by atoms with van der Waals surface area (Å²) in [5.74, 6) is 0.873. The molecule has 3 atom stereocenters. The third-order valence-electron chi connectivity index (χ3n) is 5.03. The average molecular weight is 316 g/mol. The van der Waals surface area contributed by atoms with Gasteiger partial charge in [0.1, 0.15) is 5.76 Å². The molecule has 5 heteroatoms. The van der Waals surface area contributed by atoms with Gasteiger partial charge in [-0.05, 0) is 57.0 Å². The molecular formula is C17H20N2O2S. The number of thiophene rings is 1. The van der Waals surface area contributed by atoms with Crippen LogP contribution < -0.4 is 5.32 Å². The summed E-state index contributed by atoms with van der Waals surface area (Å²) in [6, 6.07) is 9.23. The first-order valence-electron chi connectivity index (χ1n) is 7.87. The summed E-state index contributed by atoms with van der Waals surface area (Å²) >= 11 is 1.49. The van der Waals surface area contributed by atoms with Crippen molar-refractivity contribution in [2.24, 2.45) is 0 Å². The largest absolute Gasteiger partial charge is 0.464 e. The van der Waals surface area contributed by atoms with Gasteiger partial charge in [-0.1, -0.05) is 0 Å². The molecule has 4 nitrogen and oxygen atoms in total. The summed E-state index contributed by atoms with van der Waals surface area (Å²) in [7, 11) is 2.22. The lowest BCUT2D eigenvalue weighted by molar-refractivity contribution is 0.0886. The zero-order valence-corrected chi connectivity index (χ0v) is 13.4. The molecule has 116 valence electrons. The zero-order chi connectivity index (χ0) is 15.1. The lowest BCUT2D eigenvalue weighted by atomic mass is 9.98. The maximum Gasteiger partial charge on any atom is 0.261 e. The summed E-state index contributed by atoms with van der Waals surface area (Å²) in [5.41, 5.74) is 0. The van der Waals surface area contributed by atoms with E-state index in [1.54, 1.807) is 6.26 Å². The Kier molecular flexibility index (Phi) is 3.54. The second-order valence-corrected chi connectivity index (χ2v) is 7.42. The van der Waals surface area contributed by atoms with Crippen molar-refractivity contribution >= 4 is 17.2 Å². The van der Waals surface area contributed by atoms with E-state index in [1.165, 1.54) is 24.2 Å². The molecule has 2 bridgehead atoms. The fraction of sp³-hybridized carbons (Fsp3) is 0.471. The van der Waals surface area contributed by atoms with Gasteiger partial charge in [0.05, 0.1) is 16.0 Å². The van der Waals surface area contributed by atoms with E-state index in [-0.39, 0.29) is 5.91 Å². The van der Waals surface area contributed by atoms with Crippen molar-refractivity contribution in [3.63, 3.8) is 0 Å². The molecule has 0 saturated carbocycles. The minimum atomic E-state index is 0.0526. The summed E-state index contributed by atoms with van der Waals surface area (Å²) < 4.78 is 5.38. The maximum atomic E-state index is 12.5. The number of hydrogen-bond acceptors (Lipinski definition) is 4. The number of nitrogens with zero attached hydrogens (tertiary/aromatic N) is 1. The highest BCUT2D eigenvalue weighted by atomic mass is 32.1. The van der Waals surface area contributed by atoms with Crippen LogP contribution in [0.3, 0.4) is 0 Å². The van der Waals surface area contributed by atoms with Gasteiger partial charge < -0.3 is 14.6 Å². The number of hydrogen-bond donors (Lipinski definition) is 1. The highest BCUT2D eigenvalue weighted by Crippen LogP contribution is 2.34. The number of nitrogens with one attached hydrogen (secondary N) is 1. The Morgan fingerprint density at radius 2 is 2.05 bits per heavy atom. The Morgan fingerprint density at radius 3 is 2.73 bits per heavy atom. The SMILES string of the molecule is CN1[C@@H]2CC[C@H]1CC(NC(=O)c1ccc(-c3ccco3)s1)C2. The minimum absolute atomic E-state index is 0.0526. The maximum absolute atomic E-state index is 12.5. The molecule has 1 N–H and O–H groups in total. The quantitative estimate of drug-likeness (QED) is 0.944. The number of amides is 1. The van der Waals surface area contributed by atoms with Crippen LogP contribution in [0.5, 0.6) is 0 Å². The highest BCUT2D eigenvalue weighted by molar-refractivity contribution is 7.17. The Labute approximate surface area is 134 Å². The molecule has 1 amide bonds. The number of rotatable bonds is 3. The number of carbonyl (C=O) groups excluding carboxylic acids is 1. The number of fused-ring (bicyclic) bond motifs is 2. The normalized spacial score (nSPS) is 28.0. The van der Waals surface area contributed by atoms with Crippen LogP contribution in [0, 0.1) is 0 Å². The lowest BCUT2D eigenvalue weighted by Crippen LogP contribution is -2.48. The number of piperidine rings is 1. The van der Waals surface area contributed by atoms with E-state index in [2.05, 4.69) is 17.3 Å². The van der Waals surface area contributed by atoms with Gasteiger partial charge in [-0.15, -0.1) is 11.3 Å². The average Bonchev–Trinajstić information content (AvgIpc) is 3.20. The van der Waals surface area contributed by atoms with Crippen molar-refractivity contribution in [2.45, 2.75) is 43.8 Å². The summed E-state index contributed by atoms with van der Waals surface area (Å²) in [5, 5.41) is 3.23. The van der Waals surface area contributed by atoms with Gasteiger partial charge in [-0.25, -0.2) is 0 Å². The Morgan fingerprint density at radius 1 is 1.27 bits per heavy atom. The van der Waals surface area contributed by atoms with Gasteiger partial charge in [-0.3, -0.25) is 4.79 Å². The van der Waals surface area contributed by atoms with E-state index in [1.807, 2.05) is 24.3 Å². The third-order valence-corrected chi connectivity index (χ3v) is 6.13. The van der Waals surface area contributed by atoms with Crippen LogP contribution in [0.2, 0.25) is 0 Å². The Hall–Kier alpha value is -1.59. The number of furan rings is 1. The van der Waals surface area contributed by atoms with Gasteiger partial charge >= 0.3 is 0 Å². The van der Waals surface area contributed by atoms with Crippen molar-refractivity contribution in [1.29, 1.82) is 0 Å². The fourth-order valence-electron chi connectivity index (χ4n) is 3.80. The van der Waals surface area contributed by atoms with Crippen LogP contribution in [0.4, 0.5) is 0 Å². The Bertz CT molecular complexity index is 650. The first kappa shape index (κ1) is 14.0. The molecule has 2 aromatic heterocycles. The molecule has 2 aliphatic rings. The summed E-state index contributed by atoms with van der Waals surface area (Å²) in [6.45, 7) is 0.